The minimum atomic E-state index is -2.90. The van der Waals surface area contributed by atoms with Crippen molar-refractivity contribution in [3.05, 3.63) is 132 Å². The molecule has 2 N–H and O–H groups in total. The fourth-order valence-electron chi connectivity index (χ4n) is 5.94. The Morgan fingerprint density at radius 2 is 1.05 bits per heavy atom. The normalized spacial score (nSPS) is 22.8. The second kappa shape index (κ2) is 14.1. The summed E-state index contributed by atoms with van der Waals surface area (Å²) < 4.78 is 26.0. The summed E-state index contributed by atoms with van der Waals surface area (Å²) in [4.78, 5) is 0. The lowest BCUT2D eigenvalue weighted by Crippen LogP contribution is -2.68. The first-order valence-corrected chi connectivity index (χ1v) is 16.8. The lowest BCUT2D eigenvalue weighted by atomic mass is 9.98. The highest BCUT2D eigenvalue weighted by Crippen LogP contribution is 2.38. The van der Waals surface area contributed by atoms with Crippen LogP contribution in [0.3, 0.4) is 0 Å². The highest BCUT2D eigenvalue weighted by molar-refractivity contribution is 6.99. The number of hydrogen-bond acceptors (Lipinski definition) is 6. The summed E-state index contributed by atoms with van der Waals surface area (Å²) in [5.41, 5.74) is 1.94. The molecule has 0 aromatic heterocycles. The van der Waals surface area contributed by atoms with E-state index in [9.17, 15) is 10.2 Å². The topological polar surface area (TPSA) is 77.4 Å². The van der Waals surface area contributed by atoms with Gasteiger partial charge in [-0.2, -0.15) is 0 Å². The molecule has 6 nitrogen and oxygen atoms in total. The number of rotatable bonds is 11. The molecule has 1 heterocycles. The Morgan fingerprint density at radius 3 is 1.49 bits per heavy atom. The van der Waals surface area contributed by atoms with Crippen LogP contribution in [0.25, 0.3) is 0 Å². The van der Waals surface area contributed by atoms with E-state index in [0.717, 1.165) is 21.5 Å². The van der Waals surface area contributed by atoms with Crippen LogP contribution in [0.5, 0.6) is 0 Å². The lowest BCUT2D eigenvalue weighted by molar-refractivity contribution is -0.304. The summed E-state index contributed by atoms with van der Waals surface area (Å²) in [6, 6.07) is 40.4. The minimum absolute atomic E-state index is 0.141. The summed E-state index contributed by atoms with van der Waals surface area (Å²) >= 11 is 0. The Balaban J connectivity index is 1.48. The molecule has 0 aliphatic carbocycles. The lowest BCUT2D eigenvalue weighted by Gasteiger charge is -2.46. The molecule has 43 heavy (non-hydrogen) atoms. The van der Waals surface area contributed by atoms with E-state index < -0.39 is 39.0 Å². The largest absolute Gasteiger partial charge is 0.405 e. The predicted molar refractivity (Wildman–Crippen MR) is 170 cm³/mol. The molecule has 7 heteroatoms. The predicted octanol–water partition coefficient (Wildman–Crippen LogP) is 4.81. The van der Waals surface area contributed by atoms with Gasteiger partial charge in [0.15, 0.2) is 6.29 Å². The van der Waals surface area contributed by atoms with Crippen molar-refractivity contribution in [3.8, 4) is 0 Å². The van der Waals surface area contributed by atoms with E-state index in [1.807, 2.05) is 97.1 Å². The van der Waals surface area contributed by atoms with Crippen molar-refractivity contribution < 1.29 is 28.8 Å². The number of benzene rings is 4. The zero-order chi connectivity index (χ0) is 30.3. The Kier molecular flexibility index (Phi) is 10.3. The smallest absolute Gasteiger partial charge is 0.261 e. The number of aliphatic hydroxyl groups is 2. The molecule has 1 saturated heterocycles. The van der Waals surface area contributed by atoms with E-state index in [0.29, 0.717) is 6.61 Å². The van der Waals surface area contributed by atoms with E-state index >= 15 is 0 Å². The van der Waals surface area contributed by atoms with E-state index in [4.69, 9.17) is 18.6 Å². The van der Waals surface area contributed by atoms with Crippen LogP contribution in [0.4, 0.5) is 0 Å². The molecule has 0 amide bonds. The summed E-state index contributed by atoms with van der Waals surface area (Å²) in [6.07, 6.45) is -5.01. The van der Waals surface area contributed by atoms with Gasteiger partial charge in [-0.1, -0.05) is 142 Å². The third kappa shape index (κ3) is 7.16. The Morgan fingerprint density at radius 1 is 0.628 bits per heavy atom. The molecule has 1 aliphatic heterocycles. The second-order valence-electron chi connectivity index (χ2n) is 12.1. The van der Waals surface area contributed by atoms with Gasteiger partial charge in [-0.25, -0.2) is 0 Å². The van der Waals surface area contributed by atoms with Crippen LogP contribution < -0.4 is 10.4 Å². The van der Waals surface area contributed by atoms with Gasteiger partial charge in [-0.05, 0) is 26.5 Å². The van der Waals surface area contributed by atoms with Gasteiger partial charge in [0.1, 0.15) is 24.4 Å². The molecule has 0 unspecified atom stereocenters. The van der Waals surface area contributed by atoms with Gasteiger partial charge >= 0.3 is 0 Å². The first-order chi connectivity index (χ1) is 20.8. The zero-order valence-electron chi connectivity index (χ0n) is 25.1. The fraction of sp³-hybridized carbons (Fsp3) is 0.333. The highest BCUT2D eigenvalue weighted by atomic mass is 28.4. The molecule has 226 valence electrons. The van der Waals surface area contributed by atoms with E-state index in [1.165, 1.54) is 0 Å². The number of ether oxygens (including phenoxy) is 3. The van der Waals surface area contributed by atoms with Crippen LogP contribution in [0.2, 0.25) is 5.04 Å². The first-order valence-electron chi connectivity index (χ1n) is 14.9. The second-order valence-corrected chi connectivity index (χ2v) is 16.4. The van der Waals surface area contributed by atoms with Crippen LogP contribution in [0.1, 0.15) is 31.9 Å². The maximum absolute atomic E-state index is 11.1. The summed E-state index contributed by atoms with van der Waals surface area (Å²) in [5.74, 6) is 0. The van der Waals surface area contributed by atoms with Gasteiger partial charge in [-0.3, -0.25) is 0 Å². The van der Waals surface area contributed by atoms with Crippen LogP contribution in [0, 0.1) is 0 Å². The van der Waals surface area contributed by atoms with Crippen molar-refractivity contribution in [1.29, 1.82) is 0 Å². The average Bonchev–Trinajstić information content (AvgIpc) is 3.03. The molecule has 0 radical (unpaired) electrons. The monoisotopic (exact) mass is 598 g/mol. The number of hydrogen-bond donors (Lipinski definition) is 2. The van der Waals surface area contributed by atoms with Crippen LogP contribution in [0.15, 0.2) is 121 Å². The minimum Gasteiger partial charge on any atom is -0.405 e. The molecular formula is C36H42O6Si. The summed E-state index contributed by atoms with van der Waals surface area (Å²) in [5, 5.41) is 24.0. The Labute approximate surface area is 256 Å². The molecule has 0 spiro atoms. The molecule has 4 aromatic carbocycles. The molecule has 1 fully saturated rings. The van der Waals surface area contributed by atoms with Gasteiger partial charge in [0.05, 0.1) is 19.8 Å². The first kappa shape index (κ1) is 31.3. The molecule has 0 saturated carbocycles. The maximum Gasteiger partial charge on any atom is 0.261 e. The molecule has 1 aliphatic rings. The summed E-state index contributed by atoms with van der Waals surface area (Å²) in [6.45, 7) is 7.33. The summed E-state index contributed by atoms with van der Waals surface area (Å²) in [7, 11) is -2.90. The standard InChI is InChI=1S/C36H42O6Si/c1-36(2,3)43(29-20-12-6-13-21-29,30-22-14-7-15-23-30)41-26-31-33(39-24-27-16-8-4-9-17-27)34(32(37)35(38)42-31)40-25-28-18-10-5-11-19-28/h4-23,31-35,37-38H,24-26H2,1-3H3/t31-,32+,33-,34-,35+/m1/s1. The van der Waals surface area contributed by atoms with Crippen molar-refractivity contribution >= 4 is 18.7 Å². The fourth-order valence-corrected chi connectivity index (χ4v) is 10.5. The maximum atomic E-state index is 11.1. The number of aliphatic hydroxyl groups excluding tert-OH is 2. The van der Waals surface area contributed by atoms with Gasteiger partial charge in [0.2, 0.25) is 0 Å². The van der Waals surface area contributed by atoms with Crippen LogP contribution in [-0.2, 0) is 31.9 Å². The molecule has 5 rings (SSSR count). The molecular weight excluding hydrogens is 556 g/mol. The zero-order valence-corrected chi connectivity index (χ0v) is 26.1. The van der Waals surface area contributed by atoms with Crippen molar-refractivity contribution in [2.45, 2.75) is 69.7 Å². The molecule has 5 atom stereocenters. The SMILES string of the molecule is CC(C)(C)[Si](OC[C@H]1O[C@H](O)[C@@H](O)[C@@H](OCc2ccccc2)[C@@H]1OCc1ccccc1)(c1ccccc1)c1ccccc1. The van der Waals surface area contributed by atoms with E-state index in [1.54, 1.807) is 0 Å². The van der Waals surface area contributed by atoms with Crippen molar-refractivity contribution in [2.75, 3.05) is 6.61 Å². The van der Waals surface area contributed by atoms with E-state index in [-0.39, 0.29) is 18.3 Å². The third-order valence-electron chi connectivity index (χ3n) is 8.08. The quantitative estimate of drug-likeness (QED) is 0.241. The molecule has 0 bridgehead atoms. The third-order valence-corrected chi connectivity index (χ3v) is 13.1. The highest BCUT2D eigenvalue weighted by Gasteiger charge is 2.52. The van der Waals surface area contributed by atoms with Crippen LogP contribution >= 0.6 is 0 Å². The van der Waals surface area contributed by atoms with Gasteiger partial charge in [0, 0.05) is 0 Å². The van der Waals surface area contributed by atoms with Crippen LogP contribution in [-0.4, -0.2) is 55.8 Å². The Hall–Kier alpha value is -3.14. The van der Waals surface area contributed by atoms with Gasteiger partial charge < -0.3 is 28.8 Å². The van der Waals surface area contributed by atoms with Gasteiger partial charge in [0.25, 0.3) is 8.32 Å². The Bertz CT molecular complexity index is 1340. The van der Waals surface area contributed by atoms with E-state index in [2.05, 4.69) is 45.0 Å². The average molecular weight is 599 g/mol. The van der Waals surface area contributed by atoms with Gasteiger partial charge in [-0.15, -0.1) is 0 Å². The van der Waals surface area contributed by atoms with Crippen molar-refractivity contribution in [3.63, 3.8) is 0 Å². The molecule has 4 aromatic rings. The van der Waals surface area contributed by atoms with Crippen molar-refractivity contribution in [2.24, 2.45) is 0 Å². The van der Waals surface area contributed by atoms with Crippen molar-refractivity contribution in [1.82, 2.24) is 0 Å².